The predicted molar refractivity (Wildman–Crippen MR) is 122 cm³/mol. The first kappa shape index (κ1) is 23.7. The predicted octanol–water partition coefficient (Wildman–Crippen LogP) is 4.02. The molecule has 0 bridgehead atoms. The Morgan fingerprint density at radius 2 is 1.97 bits per heavy atom. The normalized spacial score (nSPS) is 17.6. The van der Waals surface area contributed by atoms with Gasteiger partial charge in [0.15, 0.2) is 0 Å². The van der Waals surface area contributed by atoms with Crippen molar-refractivity contribution in [3.05, 3.63) is 69.3 Å². The fourth-order valence-corrected chi connectivity index (χ4v) is 4.28. The highest BCUT2D eigenvalue weighted by atomic mass is 19.4. The molecule has 180 valence electrons. The van der Waals surface area contributed by atoms with Gasteiger partial charge in [-0.2, -0.15) is 13.2 Å². The van der Waals surface area contributed by atoms with E-state index in [1.807, 2.05) is 0 Å². The number of β-amino-alcohol motifs (C(OH)–C–C–N with tert-alkyl or cyclic N) is 1. The number of aliphatic hydroxyl groups excluding tert-OH is 1. The van der Waals surface area contributed by atoms with Gasteiger partial charge in [-0.1, -0.05) is 0 Å². The van der Waals surface area contributed by atoms with Crippen LogP contribution >= 0.6 is 0 Å². The van der Waals surface area contributed by atoms with E-state index in [9.17, 15) is 27.9 Å². The van der Waals surface area contributed by atoms with Crippen LogP contribution in [-0.2, 0) is 6.18 Å². The molecule has 4 rings (SSSR count). The lowest BCUT2D eigenvalue weighted by molar-refractivity contribution is -0.138. The average molecular weight is 474 g/mol. The number of hydrogen-bond acceptors (Lipinski definition) is 5. The first-order valence-electron chi connectivity index (χ1n) is 11.0. The third-order valence-electron chi connectivity index (χ3n) is 5.97. The van der Waals surface area contributed by atoms with Crippen molar-refractivity contribution in [1.29, 1.82) is 0 Å². The van der Waals surface area contributed by atoms with Crippen LogP contribution in [0.15, 0.2) is 41.2 Å². The molecular weight excluding hydrogens is 449 g/mol. The van der Waals surface area contributed by atoms with Gasteiger partial charge in [0.05, 0.1) is 22.6 Å². The van der Waals surface area contributed by atoms with Gasteiger partial charge in [-0.05, 0) is 68.7 Å². The molecule has 2 aromatic carbocycles. The molecule has 1 aromatic heterocycles. The van der Waals surface area contributed by atoms with Gasteiger partial charge in [0.25, 0.3) is 11.5 Å². The number of likely N-dealkylation sites (tertiary alicyclic amines) is 1. The summed E-state index contributed by atoms with van der Waals surface area (Å²) >= 11 is 0. The number of benzene rings is 2. The molecule has 0 aliphatic carbocycles. The molecular formula is C24H25F3N4O3. The van der Waals surface area contributed by atoms with Crippen LogP contribution in [0.4, 0.5) is 18.9 Å². The summed E-state index contributed by atoms with van der Waals surface area (Å²) in [6.45, 7) is 3.93. The number of carbonyl (C=O) groups excluding carboxylic acids is 1. The van der Waals surface area contributed by atoms with Gasteiger partial charge in [-0.3, -0.25) is 9.59 Å². The van der Waals surface area contributed by atoms with E-state index in [2.05, 4.69) is 15.3 Å². The summed E-state index contributed by atoms with van der Waals surface area (Å²) in [4.78, 5) is 33.1. The Labute approximate surface area is 193 Å². The third kappa shape index (κ3) is 4.91. The van der Waals surface area contributed by atoms with Crippen LogP contribution in [0.3, 0.4) is 0 Å². The van der Waals surface area contributed by atoms with Crippen molar-refractivity contribution < 1.29 is 23.1 Å². The van der Waals surface area contributed by atoms with Crippen LogP contribution in [-0.4, -0.2) is 45.1 Å². The number of anilines is 1. The van der Waals surface area contributed by atoms with Crippen LogP contribution in [0.1, 0.15) is 53.1 Å². The number of nitrogens with one attached hydrogen (secondary N) is 2. The van der Waals surface area contributed by atoms with Crippen molar-refractivity contribution in [2.24, 2.45) is 0 Å². The molecule has 0 spiro atoms. The highest BCUT2D eigenvalue weighted by molar-refractivity contribution is 5.94. The van der Waals surface area contributed by atoms with Crippen LogP contribution < -0.4 is 10.9 Å². The van der Waals surface area contributed by atoms with Gasteiger partial charge in [-0.15, -0.1) is 0 Å². The number of aryl methyl sites for hydroxylation is 1. The highest BCUT2D eigenvalue weighted by Gasteiger charge is 2.35. The smallest absolute Gasteiger partial charge is 0.391 e. The fraction of sp³-hybridized carbons (Fsp3) is 0.375. The number of halogens is 3. The summed E-state index contributed by atoms with van der Waals surface area (Å²) in [5.41, 5.74) is -0.522. The summed E-state index contributed by atoms with van der Waals surface area (Å²) < 4.78 is 41.5. The number of aliphatic hydroxyl groups is 1. The van der Waals surface area contributed by atoms with Gasteiger partial charge in [0.1, 0.15) is 5.82 Å². The monoisotopic (exact) mass is 474 g/mol. The number of aromatic nitrogens is 2. The lowest BCUT2D eigenvalue weighted by atomic mass is 9.98. The second-order valence-corrected chi connectivity index (χ2v) is 8.60. The number of aromatic amines is 1. The molecule has 0 unspecified atom stereocenters. The molecule has 1 fully saturated rings. The van der Waals surface area contributed by atoms with Crippen molar-refractivity contribution >= 4 is 22.5 Å². The quantitative estimate of drug-likeness (QED) is 0.531. The lowest BCUT2D eigenvalue weighted by Gasteiger charge is -2.30. The molecule has 2 heterocycles. The summed E-state index contributed by atoms with van der Waals surface area (Å²) in [5.74, 6) is 0.0347. The molecule has 1 amide bonds. The fourth-order valence-electron chi connectivity index (χ4n) is 4.28. The summed E-state index contributed by atoms with van der Waals surface area (Å²) in [6, 6.07) is 7.77. The molecule has 1 saturated heterocycles. The molecule has 0 saturated carbocycles. The Morgan fingerprint density at radius 1 is 1.26 bits per heavy atom. The number of nitrogens with zero attached hydrogens (tertiary/aromatic N) is 2. The first-order valence-corrected chi connectivity index (χ1v) is 11.0. The number of amides is 1. The summed E-state index contributed by atoms with van der Waals surface area (Å²) in [5, 5.41) is 12.9. The highest BCUT2D eigenvalue weighted by Crippen LogP contribution is 2.37. The maximum absolute atomic E-state index is 13.8. The molecule has 0 radical (unpaired) electrons. The first-order chi connectivity index (χ1) is 16.0. The van der Waals surface area contributed by atoms with Crippen molar-refractivity contribution in [3.63, 3.8) is 0 Å². The van der Waals surface area contributed by atoms with Crippen LogP contribution in [0.5, 0.6) is 0 Å². The number of carbonyl (C=O) groups is 1. The molecule has 10 heteroatoms. The van der Waals surface area contributed by atoms with Gasteiger partial charge in [0, 0.05) is 30.4 Å². The Balaban J connectivity index is 1.59. The van der Waals surface area contributed by atoms with E-state index >= 15 is 0 Å². The van der Waals surface area contributed by atoms with E-state index < -0.39 is 29.4 Å². The minimum atomic E-state index is -4.63. The zero-order valence-corrected chi connectivity index (χ0v) is 18.7. The Bertz CT molecular complexity index is 1270. The molecule has 1 aliphatic heterocycles. The second-order valence-electron chi connectivity index (χ2n) is 8.60. The number of H-pyrrole nitrogens is 1. The maximum atomic E-state index is 13.8. The Morgan fingerprint density at radius 3 is 2.62 bits per heavy atom. The topological polar surface area (TPSA) is 98.3 Å². The van der Waals surface area contributed by atoms with E-state index in [1.54, 1.807) is 36.1 Å². The summed E-state index contributed by atoms with van der Waals surface area (Å²) in [6.07, 6.45) is -3.76. The van der Waals surface area contributed by atoms with E-state index in [4.69, 9.17) is 0 Å². The van der Waals surface area contributed by atoms with Crippen LogP contribution in [0.25, 0.3) is 10.9 Å². The Kier molecular flexibility index (Phi) is 6.35. The maximum Gasteiger partial charge on any atom is 0.416 e. The van der Waals surface area contributed by atoms with Crippen LogP contribution in [0.2, 0.25) is 0 Å². The van der Waals surface area contributed by atoms with Crippen LogP contribution in [0, 0.1) is 6.92 Å². The number of piperidine rings is 1. The zero-order valence-electron chi connectivity index (χ0n) is 18.7. The largest absolute Gasteiger partial charge is 0.416 e. The van der Waals surface area contributed by atoms with Gasteiger partial charge >= 0.3 is 6.18 Å². The minimum absolute atomic E-state index is 0.0183. The third-order valence-corrected chi connectivity index (χ3v) is 5.97. The molecule has 7 nitrogen and oxygen atoms in total. The van der Waals surface area contributed by atoms with Crippen molar-refractivity contribution in [3.8, 4) is 0 Å². The van der Waals surface area contributed by atoms with E-state index in [0.717, 1.165) is 12.5 Å². The standard InChI is InChI=1S/C24H25F3N4O3/c1-13(18-10-19-21(11-20(18)24(25,26)27)29-14(2)30-22(19)33)28-16-7-5-15(6-8-16)23(34)31-9-3-4-17(32)12-31/h5-8,10-11,13,17,28,32H,3-4,9,12H2,1-2H3,(H,29,30,33)/t13-,17-/m0/s1. The second kappa shape index (κ2) is 9.09. The zero-order chi connectivity index (χ0) is 24.6. The van der Waals surface area contributed by atoms with E-state index in [-0.39, 0.29) is 34.7 Å². The van der Waals surface area contributed by atoms with Gasteiger partial charge < -0.3 is 20.3 Å². The Hall–Kier alpha value is -3.40. The van der Waals surface area contributed by atoms with Crippen molar-refractivity contribution in [2.45, 2.75) is 45.0 Å². The lowest BCUT2D eigenvalue weighted by Crippen LogP contribution is -2.42. The molecule has 3 aromatic rings. The van der Waals surface area contributed by atoms with E-state index in [1.165, 1.54) is 13.0 Å². The van der Waals surface area contributed by atoms with Crippen molar-refractivity contribution in [1.82, 2.24) is 14.9 Å². The minimum Gasteiger partial charge on any atom is -0.391 e. The number of rotatable bonds is 4. The summed E-state index contributed by atoms with van der Waals surface area (Å²) in [7, 11) is 0. The van der Waals surface area contributed by atoms with Gasteiger partial charge in [0.2, 0.25) is 0 Å². The molecule has 3 N–H and O–H groups in total. The number of hydrogen-bond donors (Lipinski definition) is 3. The average Bonchev–Trinajstić information content (AvgIpc) is 2.77. The van der Waals surface area contributed by atoms with E-state index in [0.29, 0.717) is 24.2 Å². The number of alkyl halides is 3. The molecule has 1 aliphatic rings. The SMILES string of the molecule is Cc1nc2cc(C(F)(F)F)c([C@H](C)Nc3ccc(C(=O)N4CCC[C@H](O)C4)cc3)cc2c(=O)[nH]1. The van der Waals surface area contributed by atoms with Gasteiger partial charge in [-0.25, -0.2) is 4.98 Å². The number of fused-ring (bicyclic) bond motifs is 1. The molecule has 2 atom stereocenters. The van der Waals surface area contributed by atoms with Crippen molar-refractivity contribution in [2.75, 3.05) is 18.4 Å². The molecule has 34 heavy (non-hydrogen) atoms.